The lowest BCUT2D eigenvalue weighted by atomic mass is 9.78. The average molecular weight is 338 g/mol. The molecule has 2 rings (SSSR count). The van der Waals surface area contributed by atoms with Crippen molar-refractivity contribution in [2.24, 2.45) is 11.8 Å². The Morgan fingerprint density at radius 1 is 1.25 bits per heavy atom. The molecule has 5 atom stereocenters. The van der Waals surface area contributed by atoms with Crippen LogP contribution in [0.3, 0.4) is 0 Å². The number of rotatable bonds is 3. The number of fused-ring (bicyclic) bond motifs is 1. The highest BCUT2D eigenvalue weighted by Crippen LogP contribution is 2.48. The Morgan fingerprint density at radius 2 is 1.88 bits per heavy atom. The Labute approximate surface area is 144 Å². The van der Waals surface area contributed by atoms with Gasteiger partial charge in [0.15, 0.2) is 0 Å². The van der Waals surface area contributed by atoms with Crippen molar-refractivity contribution in [1.29, 1.82) is 0 Å². The van der Waals surface area contributed by atoms with E-state index < -0.39 is 6.10 Å². The van der Waals surface area contributed by atoms with E-state index in [1.54, 1.807) is 0 Å². The molecule has 1 heterocycles. The molecule has 0 saturated carbocycles. The first-order valence-electron chi connectivity index (χ1n) is 8.82. The van der Waals surface area contributed by atoms with Crippen LogP contribution in [0.1, 0.15) is 60.8 Å². The molecule has 1 aliphatic carbocycles. The molecule has 0 spiro atoms. The van der Waals surface area contributed by atoms with Gasteiger partial charge < -0.3 is 14.2 Å². The molecule has 0 aromatic rings. The normalized spacial score (nSPS) is 38.5. The molecule has 136 valence electrons. The van der Waals surface area contributed by atoms with E-state index in [0.717, 1.165) is 12.8 Å². The summed E-state index contributed by atoms with van der Waals surface area (Å²) < 4.78 is 17.3. The first-order chi connectivity index (χ1) is 11.1. The molecule has 1 saturated heterocycles. The molecule has 5 heteroatoms. The first kappa shape index (κ1) is 19.0. The van der Waals surface area contributed by atoms with Crippen LogP contribution in [0.15, 0.2) is 11.6 Å². The largest absolute Gasteiger partial charge is 0.462 e. The minimum absolute atomic E-state index is 0.105. The Balaban J connectivity index is 2.40. The van der Waals surface area contributed by atoms with Gasteiger partial charge in [0, 0.05) is 26.2 Å². The van der Waals surface area contributed by atoms with Crippen molar-refractivity contribution in [2.75, 3.05) is 0 Å². The second-order valence-electron chi connectivity index (χ2n) is 7.69. The topological polar surface area (TPSA) is 65.1 Å². The van der Waals surface area contributed by atoms with Crippen molar-refractivity contribution in [3.05, 3.63) is 11.6 Å². The Kier molecular flexibility index (Phi) is 5.74. The summed E-state index contributed by atoms with van der Waals surface area (Å²) in [6.07, 6.45) is 3.80. The highest BCUT2D eigenvalue weighted by atomic mass is 16.6. The standard InChI is InChI=1S/C19H30O5/c1-11(2)16-15(22-13(4)20)10-12(3)8-7-9-19(6)18(24-19)17(16)23-14(5)21/h8,11,15-18H,7,9-10H2,1-6H3/b12-8+/t15-,16+,17+,18-,19-/m0/s1. The van der Waals surface area contributed by atoms with E-state index in [-0.39, 0.29) is 41.6 Å². The molecular weight excluding hydrogens is 308 g/mol. The van der Waals surface area contributed by atoms with E-state index in [4.69, 9.17) is 14.2 Å². The predicted molar refractivity (Wildman–Crippen MR) is 90.3 cm³/mol. The van der Waals surface area contributed by atoms with Crippen molar-refractivity contribution < 1.29 is 23.8 Å². The monoisotopic (exact) mass is 338 g/mol. The summed E-state index contributed by atoms with van der Waals surface area (Å²) in [5.74, 6) is -0.559. The van der Waals surface area contributed by atoms with E-state index in [2.05, 4.69) is 33.8 Å². The quantitative estimate of drug-likeness (QED) is 0.448. The second-order valence-corrected chi connectivity index (χ2v) is 7.69. The highest BCUT2D eigenvalue weighted by Gasteiger charge is 2.60. The third kappa shape index (κ3) is 4.38. The van der Waals surface area contributed by atoms with Crippen LogP contribution in [0.5, 0.6) is 0 Å². The zero-order valence-corrected chi connectivity index (χ0v) is 15.6. The molecule has 0 amide bonds. The second kappa shape index (κ2) is 7.26. The molecule has 1 fully saturated rings. The smallest absolute Gasteiger partial charge is 0.303 e. The summed E-state index contributed by atoms with van der Waals surface area (Å²) in [5, 5.41) is 0. The Bertz CT molecular complexity index is 524. The number of ether oxygens (including phenoxy) is 3. The molecule has 0 radical (unpaired) electrons. The van der Waals surface area contributed by atoms with E-state index in [9.17, 15) is 9.59 Å². The maximum Gasteiger partial charge on any atom is 0.303 e. The lowest BCUT2D eigenvalue weighted by molar-refractivity contribution is -0.163. The third-order valence-corrected chi connectivity index (χ3v) is 5.09. The molecule has 0 aromatic carbocycles. The summed E-state index contributed by atoms with van der Waals surface area (Å²) in [6.45, 7) is 11.1. The molecule has 0 N–H and O–H groups in total. The van der Waals surface area contributed by atoms with Crippen LogP contribution in [0.25, 0.3) is 0 Å². The van der Waals surface area contributed by atoms with Gasteiger partial charge in [-0.2, -0.15) is 0 Å². The van der Waals surface area contributed by atoms with Crippen molar-refractivity contribution in [3.63, 3.8) is 0 Å². The van der Waals surface area contributed by atoms with Crippen LogP contribution in [0, 0.1) is 11.8 Å². The molecular formula is C19H30O5. The predicted octanol–water partition coefficient (Wildman–Crippen LogP) is 3.41. The Morgan fingerprint density at radius 3 is 2.42 bits per heavy atom. The first-order valence-corrected chi connectivity index (χ1v) is 8.82. The number of hydrogen-bond acceptors (Lipinski definition) is 5. The lowest BCUT2D eigenvalue weighted by Crippen LogP contribution is -2.45. The minimum Gasteiger partial charge on any atom is -0.462 e. The molecule has 2 aliphatic rings. The molecule has 0 aromatic heterocycles. The van der Waals surface area contributed by atoms with Gasteiger partial charge in [-0.15, -0.1) is 0 Å². The number of hydrogen-bond donors (Lipinski definition) is 0. The van der Waals surface area contributed by atoms with Crippen molar-refractivity contribution >= 4 is 11.9 Å². The van der Waals surface area contributed by atoms with Crippen LogP contribution >= 0.6 is 0 Å². The number of epoxide rings is 1. The summed E-state index contributed by atoms with van der Waals surface area (Å²) in [5.41, 5.74) is 0.915. The third-order valence-electron chi connectivity index (χ3n) is 5.09. The maximum atomic E-state index is 11.7. The molecule has 0 bridgehead atoms. The zero-order chi connectivity index (χ0) is 18.1. The van der Waals surface area contributed by atoms with Gasteiger partial charge in [-0.3, -0.25) is 9.59 Å². The fourth-order valence-electron chi connectivity index (χ4n) is 3.90. The van der Waals surface area contributed by atoms with Gasteiger partial charge in [-0.25, -0.2) is 0 Å². The van der Waals surface area contributed by atoms with E-state index >= 15 is 0 Å². The number of carbonyl (C=O) groups excluding carboxylic acids is 2. The van der Waals surface area contributed by atoms with Crippen LogP contribution in [0.2, 0.25) is 0 Å². The van der Waals surface area contributed by atoms with Gasteiger partial charge in [0.2, 0.25) is 0 Å². The minimum atomic E-state index is -0.400. The van der Waals surface area contributed by atoms with E-state index in [1.165, 1.54) is 19.4 Å². The zero-order valence-electron chi connectivity index (χ0n) is 15.6. The maximum absolute atomic E-state index is 11.7. The highest BCUT2D eigenvalue weighted by molar-refractivity contribution is 5.67. The van der Waals surface area contributed by atoms with Gasteiger partial charge >= 0.3 is 11.9 Å². The summed E-state index contributed by atoms with van der Waals surface area (Å²) in [7, 11) is 0. The molecule has 0 unspecified atom stereocenters. The van der Waals surface area contributed by atoms with Gasteiger partial charge in [-0.1, -0.05) is 25.5 Å². The average Bonchev–Trinajstić information content (AvgIpc) is 3.07. The van der Waals surface area contributed by atoms with Gasteiger partial charge in [0.25, 0.3) is 0 Å². The van der Waals surface area contributed by atoms with Crippen LogP contribution in [-0.4, -0.2) is 35.9 Å². The lowest BCUT2D eigenvalue weighted by Gasteiger charge is -2.36. The van der Waals surface area contributed by atoms with Crippen LogP contribution in [-0.2, 0) is 23.8 Å². The van der Waals surface area contributed by atoms with E-state index in [0.29, 0.717) is 6.42 Å². The van der Waals surface area contributed by atoms with Gasteiger partial charge in [-0.05, 0) is 32.6 Å². The summed E-state index contributed by atoms with van der Waals surface area (Å²) in [6, 6.07) is 0. The van der Waals surface area contributed by atoms with Crippen molar-refractivity contribution in [2.45, 2.75) is 84.7 Å². The number of allylic oxidation sites excluding steroid dienone is 1. The van der Waals surface area contributed by atoms with Crippen molar-refractivity contribution in [3.8, 4) is 0 Å². The fourth-order valence-corrected chi connectivity index (χ4v) is 3.90. The van der Waals surface area contributed by atoms with Gasteiger partial charge in [0.1, 0.15) is 18.3 Å². The fraction of sp³-hybridized carbons (Fsp3) is 0.789. The molecule has 1 aliphatic heterocycles. The molecule has 24 heavy (non-hydrogen) atoms. The Hall–Kier alpha value is -1.36. The van der Waals surface area contributed by atoms with Gasteiger partial charge in [0.05, 0.1) is 5.60 Å². The number of carbonyl (C=O) groups is 2. The van der Waals surface area contributed by atoms with E-state index in [1.807, 2.05) is 0 Å². The number of esters is 2. The summed E-state index contributed by atoms with van der Waals surface area (Å²) >= 11 is 0. The molecule has 5 nitrogen and oxygen atoms in total. The van der Waals surface area contributed by atoms with Crippen LogP contribution in [0.4, 0.5) is 0 Å². The van der Waals surface area contributed by atoms with Crippen LogP contribution < -0.4 is 0 Å². The summed E-state index contributed by atoms with van der Waals surface area (Å²) in [4.78, 5) is 23.3. The van der Waals surface area contributed by atoms with Crippen molar-refractivity contribution in [1.82, 2.24) is 0 Å². The SMILES string of the molecule is CC(=O)O[C@@H]1[C@H](C(C)C)[C@@H](OC(C)=O)C/C(C)=C/CC[C@]2(C)O[C@@H]12.